The van der Waals surface area contributed by atoms with Crippen molar-refractivity contribution in [1.82, 2.24) is 0 Å². The molecule has 7 aromatic rings. The predicted octanol–water partition coefficient (Wildman–Crippen LogP) is 14.8. The highest BCUT2D eigenvalue weighted by Crippen LogP contribution is 2.41. The van der Waals surface area contributed by atoms with Crippen LogP contribution in [0.3, 0.4) is 0 Å². The van der Waals surface area contributed by atoms with Crippen molar-refractivity contribution in [1.29, 1.82) is 0 Å². The number of fused-ring (bicyclic) bond motifs is 1. The average Bonchev–Trinajstić information content (AvgIpc) is 3.30. The Morgan fingerprint density at radius 3 is 0.883 bits per heavy atom. The minimum Gasteiger partial charge on any atom is -0.494 e. The zero-order chi connectivity index (χ0) is 57.7. The van der Waals surface area contributed by atoms with Gasteiger partial charge in [-0.2, -0.15) is 127 Å². The molecular weight excluding hydrogens is 1100 g/mol. The summed E-state index contributed by atoms with van der Waals surface area (Å²) in [6.45, 7) is 3.58. The minimum absolute atomic E-state index is 0.691. The maximum atomic E-state index is 14.2. The molecular formula is C50H30BF24NO. The lowest BCUT2D eigenvalue weighted by atomic mass is 9.12. The van der Waals surface area contributed by atoms with Gasteiger partial charge in [-0.3, -0.25) is 0 Å². The summed E-state index contributed by atoms with van der Waals surface area (Å²) >= 11 is 0. The van der Waals surface area contributed by atoms with Gasteiger partial charge < -0.3 is 4.74 Å². The lowest BCUT2D eigenvalue weighted by Gasteiger charge is -2.46. The molecule has 0 saturated carbocycles. The molecule has 27 heteroatoms. The van der Waals surface area contributed by atoms with Crippen LogP contribution in [0.2, 0.25) is 0 Å². The third-order valence-corrected chi connectivity index (χ3v) is 11.8. The molecule has 0 saturated heterocycles. The zero-order valence-corrected chi connectivity index (χ0v) is 38.2. The largest absolute Gasteiger partial charge is 0.494 e. The average molecular weight is 1130 g/mol. The van der Waals surface area contributed by atoms with Crippen molar-refractivity contribution >= 4 is 38.8 Å². The number of hydrogen-bond donors (Lipinski definition) is 0. The Morgan fingerprint density at radius 2 is 0.623 bits per heavy atom. The second-order valence-corrected chi connectivity index (χ2v) is 17.0. The SMILES string of the molecule is CCOc1ccc(C[n+]2ccc3ccccc3c2)cc1.FC(F)(F)c1cc([B-](c2cc(C(F)(F)F)cc(C(F)(F)F)c2)(c2cc(C(F)(F)F)cc(C(F)(F)F)c2)c2cc(C(F)(F)F)cc(C(F)(F)F)c2)cc(C(F)(F)F)c1. The fourth-order valence-electron chi connectivity index (χ4n) is 8.42. The van der Waals surface area contributed by atoms with Crippen LogP contribution in [0.25, 0.3) is 10.8 Å². The molecule has 0 radical (unpaired) electrons. The molecule has 0 bridgehead atoms. The Morgan fingerprint density at radius 1 is 0.351 bits per heavy atom. The van der Waals surface area contributed by atoms with E-state index in [1.807, 2.05) is 19.1 Å². The number of rotatable bonds is 8. The molecule has 6 aromatic carbocycles. The van der Waals surface area contributed by atoms with Crippen molar-refractivity contribution in [2.24, 2.45) is 0 Å². The van der Waals surface area contributed by atoms with Gasteiger partial charge in [0.25, 0.3) is 0 Å². The Bertz CT molecular complexity index is 2800. The summed E-state index contributed by atoms with van der Waals surface area (Å²) < 4.78 is 348. The van der Waals surface area contributed by atoms with E-state index in [0.29, 0.717) is 6.61 Å². The van der Waals surface area contributed by atoms with Crippen LogP contribution >= 0.6 is 0 Å². The van der Waals surface area contributed by atoms with Gasteiger partial charge in [-0.25, -0.2) is 4.57 Å². The van der Waals surface area contributed by atoms with Crippen molar-refractivity contribution in [3.05, 3.63) is 190 Å². The smallest absolute Gasteiger partial charge is 0.416 e. The van der Waals surface area contributed by atoms with Gasteiger partial charge in [-0.1, -0.05) is 66.7 Å². The van der Waals surface area contributed by atoms with E-state index in [9.17, 15) is 105 Å². The molecule has 77 heavy (non-hydrogen) atoms. The van der Waals surface area contributed by atoms with Crippen molar-refractivity contribution in [3.63, 3.8) is 0 Å². The van der Waals surface area contributed by atoms with E-state index in [0.717, 1.165) is 12.3 Å². The van der Waals surface area contributed by atoms with Crippen molar-refractivity contribution in [2.45, 2.75) is 62.9 Å². The Kier molecular flexibility index (Phi) is 15.9. The maximum absolute atomic E-state index is 14.2. The summed E-state index contributed by atoms with van der Waals surface area (Å²) in [5, 5.41) is 2.54. The normalized spacial score (nSPS) is 13.4. The van der Waals surface area contributed by atoms with Gasteiger partial charge in [-0.05, 0) is 66.9 Å². The van der Waals surface area contributed by atoms with E-state index >= 15 is 0 Å². The number of benzene rings is 6. The number of alkyl halides is 24. The van der Waals surface area contributed by atoms with Crippen LogP contribution in [0.1, 0.15) is 57.0 Å². The fraction of sp³-hybridized carbons (Fsp3) is 0.220. The van der Waals surface area contributed by atoms with E-state index in [2.05, 4.69) is 59.4 Å². The topological polar surface area (TPSA) is 13.1 Å². The first-order valence-electron chi connectivity index (χ1n) is 21.6. The highest BCUT2D eigenvalue weighted by molar-refractivity contribution is 7.20. The Balaban J connectivity index is 0.000000397. The lowest BCUT2D eigenvalue weighted by Crippen LogP contribution is -2.75. The Labute approximate surface area is 418 Å². The molecule has 7 rings (SSSR count). The van der Waals surface area contributed by atoms with Crippen LogP contribution < -0.4 is 31.2 Å². The third kappa shape index (κ3) is 13.7. The number of pyridine rings is 1. The molecule has 0 aliphatic carbocycles. The van der Waals surface area contributed by atoms with Crippen LogP contribution in [-0.2, 0) is 56.0 Å². The summed E-state index contributed by atoms with van der Waals surface area (Å²) in [6.07, 6.45) is -50.5. The lowest BCUT2D eigenvalue weighted by molar-refractivity contribution is -0.687. The Hall–Kier alpha value is -7.09. The first kappa shape index (κ1) is 59.2. The van der Waals surface area contributed by atoms with Gasteiger partial charge in [0.15, 0.2) is 18.9 Å². The monoisotopic (exact) mass is 1130 g/mol. The molecule has 1 aromatic heterocycles. The maximum Gasteiger partial charge on any atom is 0.416 e. The molecule has 0 N–H and O–H groups in total. The number of ether oxygens (including phenoxy) is 1. The second-order valence-electron chi connectivity index (χ2n) is 17.0. The van der Waals surface area contributed by atoms with E-state index in [1.54, 1.807) is 0 Å². The molecule has 0 spiro atoms. The van der Waals surface area contributed by atoms with Crippen LogP contribution in [0.5, 0.6) is 5.75 Å². The molecule has 412 valence electrons. The fourth-order valence-corrected chi connectivity index (χ4v) is 8.42. The number of hydrogen-bond acceptors (Lipinski definition) is 1. The third-order valence-electron chi connectivity index (χ3n) is 11.8. The van der Waals surface area contributed by atoms with Gasteiger partial charge in [0.1, 0.15) is 11.9 Å². The quantitative estimate of drug-likeness (QED) is 0.0840. The van der Waals surface area contributed by atoms with Crippen LogP contribution in [-0.4, -0.2) is 12.8 Å². The molecule has 0 unspecified atom stereocenters. The van der Waals surface area contributed by atoms with Gasteiger partial charge in [-0.15, -0.1) is 0 Å². The van der Waals surface area contributed by atoms with E-state index in [4.69, 9.17) is 4.74 Å². The summed E-state index contributed by atoms with van der Waals surface area (Å²) in [6, 6.07) is 10.1. The molecule has 0 atom stereocenters. The highest BCUT2D eigenvalue weighted by atomic mass is 19.4. The molecule has 2 nitrogen and oxygen atoms in total. The van der Waals surface area contributed by atoms with E-state index in [-0.39, 0.29) is 0 Å². The number of halogens is 24. The predicted molar refractivity (Wildman–Crippen MR) is 231 cm³/mol. The molecule has 0 fully saturated rings. The highest BCUT2D eigenvalue weighted by Gasteiger charge is 2.47. The first-order chi connectivity index (χ1) is 35.1. The number of nitrogens with zero attached hydrogens (tertiary/aromatic N) is 1. The summed E-state index contributed by atoms with van der Waals surface area (Å²) in [7, 11) is 0. The van der Waals surface area contributed by atoms with Crippen LogP contribution in [0.4, 0.5) is 105 Å². The van der Waals surface area contributed by atoms with Crippen molar-refractivity contribution in [2.75, 3.05) is 6.61 Å². The van der Waals surface area contributed by atoms with Gasteiger partial charge in [0.05, 0.1) is 51.1 Å². The van der Waals surface area contributed by atoms with Gasteiger partial charge >= 0.3 is 49.4 Å². The van der Waals surface area contributed by atoms with Crippen molar-refractivity contribution in [3.8, 4) is 5.75 Å². The molecule has 0 aliphatic heterocycles. The summed E-state index contributed by atoms with van der Waals surface area (Å²) in [4.78, 5) is 0. The van der Waals surface area contributed by atoms with Gasteiger partial charge in [0, 0.05) is 17.0 Å². The van der Waals surface area contributed by atoms with Crippen LogP contribution in [0.15, 0.2) is 140 Å². The number of aromatic nitrogens is 1. The van der Waals surface area contributed by atoms with Crippen molar-refractivity contribution < 1.29 is 115 Å². The molecule has 1 heterocycles. The van der Waals surface area contributed by atoms with E-state index in [1.165, 1.54) is 16.3 Å². The minimum atomic E-state index is -6.13. The van der Waals surface area contributed by atoms with Gasteiger partial charge in [0.2, 0.25) is 0 Å². The van der Waals surface area contributed by atoms with Crippen LogP contribution in [0, 0.1) is 0 Å². The summed E-state index contributed by atoms with van der Waals surface area (Å²) in [5.41, 5.74) is -28.9. The molecule has 0 aliphatic rings. The first-order valence-corrected chi connectivity index (χ1v) is 21.6. The standard InChI is InChI=1S/C32H12BF24.C18H18NO/c34-25(35,36)13-1-14(26(37,38)39)6-21(5-13)33(22-7-15(27(40,41)42)2-16(8-22)28(43,44)45,23-9-17(29(46,47)48)3-18(10-23)30(49,50)51)24-11-19(31(52,53)54)4-20(12-24)32(55,56)57;1-2-20-18-9-7-15(8-10-18)13-19-12-11-16-5-3-4-6-17(16)14-19/h1-12H;3-12,14H,2,13H2,1H3/q-1;+1. The summed E-state index contributed by atoms with van der Waals surface area (Å²) in [5.74, 6) is 0.930. The zero-order valence-electron chi connectivity index (χ0n) is 38.2. The second kappa shape index (κ2) is 20.7. The van der Waals surface area contributed by atoms with E-state index < -0.39 is 195 Å². The molecule has 0 amide bonds.